The first-order valence-corrected chi connectivity index (χ1v) is 5.86. The van der Waals surface area contributed by atoms with Crippen molar-refractivity contribution in [3.05, 3.63) is 19.9 Å². The highest BCUT2D eigenvalue weighted by atomic mass is 127. The molecule has 1 heterocycles. The van der Waals surface area contributed by atoms with E-state index in [4.69, 9.17) is 5.73 Å². The van der Waals surface area contributed by atoms with Gasteiger partial charge in [0.15, 0.2) is 0 Å². The van der Waals surface area contributed by atoms with Gasteiger partial charge in [0.1, 0.15) is 0 Å². The van der Waals surface area contributed by atoms with Gasteiger partial charge >= 0.3 is 0 Å². The normalized spacial score (nSPS) is 9.79. The molecule has 0 aliphatic heterocycles. The molecule has 0 unspecified atom stereocenters. The number of primary amides is 1. The van der Waals surface area contributed by atoms with Gasteiger partial charge in [0.25, 0.3) is 5.91 Å². The topological polar surface area (TPSA) is 72.2 Å². The quantitative estimate of drug-likeness (QED) is 0.810. The van der Waals surface area contributed by atoms with Gasteiger partial charge in [-0.15, -0.1) is 11.3 Å². The smallest absolute Gasteiger partial charge is 0.252 e. The van der Waals surface area contributed by atoms with E-state index in [0.29, 0.717) is 12.1 Å². The van der Waals surface area contributed by atoms with Crippen LogP contribution in [0.1, 0.15) is 16.8 Å². The maximum atomic E-state index is 11.4. The minimum absolute atomic E-state index is 0.162. The van der Waals surface area contributed by atoms with Gasteiger partial charge in [-0.3, -0.25) is 9.59 Å². The van der Waals surface area contributed by atoms with Crippen LogP contribution >= 0.6 is 33.9 Å². The summed E-state index contributed by atoms with van der Waals surface area (Å²) in [6, 6.07) is 1.80. The second-order valence-corrected chi connectivity index (χ2v) is 5.42. The first kappa shape index (κ1) is 11.4. The van der Waals surface area contributed by atoms with Crippen molar-refractivity contribution >= 4 is 45.7 Å². The fourth-order valence-electron chi connectivity index (χ4n) is 0.830. The number of amides is 2. The van der Waals surface area contributed by atoms with E-state index in [0.717, 1.165) is 2.88 Å². The highest BCUT2D eigenvalue weighted by molar-refractivity contribution is 14.1. The zero-order chi connectivity index (χ0) is 10.6. The standard InChI is InChI=1S/C8H9IN2O2S/c9-6-3-5(4-14-6)8(13)11-2-1-7(10)12/h3-4H,1-2H2,(H2,10,12)(H,11,13). The predicted molar refractivity (Wildman–Crippen MR) is 63.2 cm³/mol. The van der Waals surface area contributed by atoms with Crippen molar-refractivity contribution in [3.63, 3.8) is 0 Å². The van der Waals surface area contributed by atoms with E-state index in [2.05, 4.69) is 27.9 Å². The summed E-state index contributed by atoms with van der Waals surface area (Å²) in [5.41, 5.74) is 5.56. The number of hydrogen-bond donors (Lipinski definition) is 2. The van der Waals surface area contributed by atoms with Crippen LogP contribution < -0.4 is 11.1 Å². The fraction of sp³-hybridized carbons (Fsp3) is 0.250. The summed E-state index contributed by atoms with van der Waals surface area (Å²) in [5.74, 6) is -0.574. The van der Waals surface area contributed by atoms with Gasteiger partial charge in [0.2, 0.25) is 5.91 Å². The number of rotatable bonds is 4. The lowest BCUT2D eigenvalue weighted by Crippen LogP contribution is -2.27. The van der Waals surface area contributed by atoms with Crippen LogP contribution in [0, 0.1) is 2.88 Å². The van der Waals surface area contributed by atoms with Gasteiger partial charge in [-0.25, -0.2) is 0 Å². The minimum atomic E-state index is -0.412. The number of nitrogens with two attached hydrogens (primary N) is 1. The number of halogens is 1. The Kier molecular flexibility index (Phi) is 4.33. The third kappa shape index (κ3) is 3.62. The van der Waals surface area contributed by atoms with E-state index in [-0.39, 0.29) is 12.3 Å². The lowest BCUT2D eigenvalue weighted by Gasteiger charge is -2.00. The van der Waals surface area contributed by atoms with Crippen LogP contribution in [0.5, 0.6) is 0 Å². The molecule has 1 aromatic heterocycles. The van der Waals surface area contributed by atoms with Gasteiger partial charge in [-0.05, 0) is 28.7 Å². The summed E-state index contributed by atoms with van der Waals surface area (Å²) in [5, 5.41) is 4.39. The van der Waals surface area contributed by atoms with Crippen molar-refractivity contribution < 1.29 is 9.59 Å². The Morgan fingerprint density at radius 2 is 2.29 bits per heavy atom. The van der Waals surface area contributed by atoms with E-state index in [1.54, 1.807) is 11.4 Å². The van der Waals surface area contributed by atoms with Crippen LogP contribution in [0.4, 0.5) is 0 Å². The fourth-order valence-corrected chi connectivity index (χ4v) is 2.16. The van der Waals surface area contributed by atoms with Crippen molar-refractivity contribution in [1.29, 1.82) is 0 Å². The number of thiophene rings is 1. The average molecular weight is 324 g/mol. The Hall–Kier alpha value is -0.630. The van der Waals surface area contributed by atoms with Gasteiger partial charge in [-0.1, -0.05) is 0 Å². The summed E-state index contributed by atoms with van der Waals surface area (Å²) in [6.45, 7) is 0.292. The lowest BCUT2D eigenvalue weighted by molar-refractivity contribution is -0.117. The predicted octanol–water partition coefficient (Wildman–Crippen LogP) is 0.958. The van der Waals surface area contributed by atoms with Crippen LogP contribution in [0.25, 0.3) is 0 Å². The number of nitrogens with one attached hydrogen (secondary N) is 1. The van der Waals surface area contributed by atoms with Gasteiger partial charge < -0.3 is 11.1 Å². The molecule has 4 nitrogen and oxygen atoms in total. The van der Waals surface area contributed by atoms with E-state index in [1.165, 1.54) is 11.3 Å². The molecular weight excluding hydrogens is 315 g/mol. The van der Waals surface area contributed by atoms with E-state index < -0.39 is 5.91 Å². The lowest BCUT2D eigenvalue weighted by atomic mass is 10.3. The maximum Gasteiger partial charge on any atom is 0.252 e. The first-order valence-electron chi connectivity index (χ1n) is 3.90. The van der Waals surface area contributed by atoms with Crippen molar-refractivity contribution in [3.8, 4) is 0 Å². The molecule has 3 N–H and O–H groups in total. The Bertz CT molecular complexity index is 351. The van der Waals surface area contributed by atoms with Crippen LogP contribution in [-0.4, -0.2) is 18.4 Å². The largest absolute Gasteiger partial charge is 0.370 e. The maximum absolute atomic E-state index is 11.4. The summed E-state index contributed by atoms with van der Waals surface area (Å²) in [4.78, 5) is 21.8. The monoisotopic (exact) mass is 324 g/mol. The zero-order valence-electron chi connectivity index (χ0n) is 7.25. The van der Waals surface area contributed by atoms with E-state index in [9.17, 15) is 9.59 Å². The molecule has 14 heavy (non-hydrogen) atoms. The van der Waals surface area contributed by atoms with Crippen LogP contribution in [0.2, 0.25) is 0 Å². The Balaban J connectivity index is 2.39. The summed E-state index contributed by atoms with van der Waals surface area (Å²) in [6.07, 6.45) is 0.174. The molecule has 6 heteroatoms. The molecule has 1 rings (SSSR count). The number of hydrogen-bond acceptors (Lipinski definition) is 3. The number of carbonyl (C=O) groups excluding carboxylic acids is 2. The zero-order valence-corrected chi connectivity index (χ0v) is 10.2. The molecule has 76 valence electrons. The van der Waals surface area contributed by atoms with E-state index in [1.807, 2.05) is 0 Å². The highest BCUT2D eigenvalue weighted by Crippen LogP contribution is 2.16. The number of carbonyl (C=O) groups is 2. The van der Waals surface area contributed by atoms with Crippen LogP contribution in [-0.2, 0) is 4.79 Å². The van der Waals surface area contributed by atoms with Crippen molar-refractivity contribution in [2.45, 2.75) is 6.42 Å². The molecular formula is C8H9IN2O2S. The first-order chi connectivity index (χ1) is 6.59. The van der Waals surface area contributed by atoms with Gasteiger partial charge in [0.05, 0.1) is 8.45 Å². The minimum Gasteiger partial charge on any atom is -0.370 e. The molecule has 0 aliphatic carbocycles. The van der Waals surface area contributed by atoms with Crippen LogP contribution in [0.3, 0.4) is 0 Å². The average Bonchev–Trinajstić information content (AvgIpc) is 2.51. The molecule has 0 spiro atoms. The summed E-state index contributed by atoms with van der Waals surface area (Å²) >= 11 is 3.65. The molecule has 2 amide bonds. The molecule has 0 saturated heterocycles. The molecule has 0 atom stereocenters. The van der Waals surface area contributed by atoms with Gasteiger partial charge in [-0.2, -0.15) is 0 Å². The summed E-state index contributed by atoms with van der Waals surface area (Å²) < 4.78 is 1.06. The molecule has 0 fully saturated rings. The molecule has 0 radical (unpaired) electrons. The highest BCUT2D eigenvalue weighted by Gasteiger charge is 2.07. The molecule has 0 bridgehead atoms. The Labute approximate surface area is 99.0 Å². The molecule has 0 saturated carbocycles. The third-order valence-electron chi connectivity index (χ3n) is 1.49. The van der Waals surface area contributed by atoms with E-state index >= 15 is 0 Å². The SMILES string of the molecule is NC(=O)CCNC(=O)c1csc(I)c1. The Morgan fingerprint density at radius 1 is 1.57 bits per heavy atom. The van der Waals surface area contributed by atoms with Crippen molar-refractivity contribution in [2.75, 3.05) is 6.54 Å². The second kappa shape index (κ2) is 5.30. The van der Waals surface area contributed by atoms with Crippen molar-refractivity contribution in [2.24, 2.45) is 5.73 Å². The summed E-state index contributed by atoms with van der Waals surface area (Å²) in [7, 11) is 0. The Morgan fingerprint density at radius 3 is 2.79 bits per heavy atom. The molecule has 0 aliphatic rings. The van der Waals surface area contributed by atoms with Gasteiger partial charge in [0, 0.05) is 18.3 Å². The molecule has 1 aromatic rings. The second-order valence-electron chi connectivity index (χ2n) is 2.61. The molecule has 0 aromatic carbocycles. The van der Waals surface area contributed by atoms with Crippen molar-refractivity contribution in [1.82, 2.24) is 5.32 Å². The van der Waals surface area contributed by atoms with Crippen LogP contribution in [0.15, 0.2) is 11.4 Å². The third-order valence-corrected chi connectivity index (χ3v) is 3.28.